The van der Waals surface area contributed by atoms with E-state index in [4.69, 9.17) is 4.42 Å². The second kappa shape index (κ2) is 5.50. The molecule has 1 aromatic carbocycles. The molecular formula is C9H6BF3KNO. The molecule has 7 heteroatoms. The van der Waals surface area contributed by atoms with Crippen LogP contribution in [0.1, 0.15) is 0 Å². The largest absolute Gasteiger partial charge is 1.00 e. The van der Waals surface area contributed by atoms with E-state index in [1.807, 2.05) is 0 Å². The van der Waals surface area contributed by atoms with Crippen LogP contribution in [-0.4, -0.2) is 12.0 Å². The van der Waals surface area contributed by atoms with Crippen LogP contribution in [0, 0.1) is 0 Å². The Labute approximate surface area is 133 Å². The molecular weight excluding hydrogens is 245 g/mol. The van der Waals surface area contributed by atoms with Crippen molar-refractivity contribution in [2.24, 2.45) is 0 Å². The van der Waals surface area contributed by atoms with Crippen molar-refractivity contribution < 1.29 is 68.7 Å². The van der Waals surface area contributed by atoms with Gasteiger partial charge in [0.2, 0.25) is 5.89 Å². The van der Waals surface area contributed by atoms with E-state index < -0.39 is 12.4 Å². The summed E-state index contributed by atoms with van der Waals surface area (Å²) in [6, 6.07) is 4.74. The van der Waals surface area contributed by atoms with Crippen molar-refractivity contribution in [3.63, 3.8) is 0 Å². The smallest absolute Gasteiger partial charge is 0.445 e. The van der Waals surface area contributed by atoms with Crippen LogP contribution in [-0.2, 0) is 0 Å². The maximum atomic E-state index is 12.3. The van der Waals surface area contributed by atoms with E-state index in [1.165, 1.54) is 24.6 Å². The molecule has 2 rings (SSSR count). The molecule has 0 atom stereocenters. The number of halogens is 3. The van der Waals surface area contributed by atoms with Crippen molar-refractivity contribution in [2.45, 2.75) is 0 Å². The molecule has 16 heavy (non-hydrogen) atoms. The van der Waals surface area contributed by atoms with Gasteiger partial charge in [-0.05, 0) is 0 Å². The van der Waals surface area contributed by atoms with Crippen LogP contribution in [0.25, 0.3) is 11.5 Å². The van der Waals surface area contributed by atoms with Gasteiger partial charge in [-0.1, -0.05) is 24.3 Å². The molecule has 0 radical (unpaired) electrons. The van der Waals surface area contributed by atoms with E-state index in [-0.39, 0.29) is 51.4 Å². The minimum Gasteiger partial charge on any atom is -0.445 e. The summed E-state index contributed by atoms with van der Waals surface area (Å²) in [7, 11) is 0. The average Bonchev–Trinajstić information content (AvgIpc) is 2.69. The van der Waals surface area contributed by atoms with Gasteiger partial charge >= 0.3 is 58.4 Å². The zero-order valence-corrected chi connectivity index (χ0v) is 11.7. The van der Waals surface area contributed by atoms with Crippen LogP contribution < -0.4 is 56.8 Å². The number of rotatable bonds is 2. The summed E-state index contributed by atoms with van der Waals surface area (Å²) in [4.78, 5) is 3.84. The molecule has 78 valence electrons. The first kappa shape index (κ1) is 14.0. The Morgan fingerprint density at radius 3 is 2.12 bits per heavy atom. The number of benzene rings is 1. The fraction of sp³-hybridized carbons (Fsp3) is 0. The Balaban J connectivity index is 0.00000128. The van der Waals surface area contributed by atoms with Crippen LogP contribution >= 0.6 is 0 Å². The molecule has 0 bridgehead atoms. The van der Waals surface area contributed by atoms with E-state index in [0.29, 0.717) is 11.5 Å². The number of nitrogens with zero attached hydrogens (tertiary/aromatic N) is 1. The summed E-state index contributed by atoms with van der Waals surface area (Å²) in [5, 5.41) is 0. The first-order valence-corrected chi connectivity index (χ1v) is 4.27. The number of aromatic nitrogens is 1. The van der Waals surface area contributed by atoms with Crippen molar-refractivity contribution in [3.05, 3.63) is 36.7 Å². The van der Waals surface area contributed by atoms with Gasteiger partial charge in [-0.25, -0.2) is 4.98 Å². The predicted octanol–water partition coefficient (Wildman–Crippen LogP) is -0.600. The van der Waals surface area contributed by atoms with E-state index in [0.717, 1.165) is 12.1 Å². The summed E-state index contributed by atoms with van der Waals surface area (Å²) in [5.41, 5.74) is -0.0888. The van der Waals surface area contributed by atoms with Gasteiger partial charge in [-0.15, -0.1) is 5.46 Å². The Morgan fingerprint density at radius 1 is 1.06 bits per heavy atom. The SMILES string of the molecule is F[B-](F)(F)c1ccc(-c2ncco2)cc1.[K+]. The Bertz CT molecular complexity index is 441. The topological polar surface area (TPSA) is 26.0 Å². The van der Waals surface area contributed by atoms with Gasteiger partial charge in [0.25, 0.3) is 0 Å². The fourth-order valence-corrected chi connectivity index (χ4v) is 1.21. The molecule has 1 aromatic heterocycles. The number of oxazole rings is 1. The maximum absolute atomic E-state index is 12.3. The quantitative estimate of drug-likeness (QED) is 0.666. The molecule has 2 aromatic rings. The molecule has 0 saturated heterocycles. The number of hydrogen-bond donors (Lipinski definition) is 0. The predicted molar refractivity (Wildman–Crippen MR) is 50.7 cm³/mol. The van der Waals surface area contributed by atoms with E-state index in [9.17, 15) is 12.9 Å². The van der Waals surface area contributed by atoms with Crippen molar-refractivity contribution in [1.82, 2.24) is 4.98 Å². The van der Waals surface area contributed by atoms with Crippen molar-refractivity contribution >= 4 is 12.4 Å². The van der Waals surface area contributed by atoms with Gasteiger partial charge < -0.3 is 17.4 Å². The molecule has 0 unspecified atom stereocenters. The molecule has 0 aliphatic carbocycles. The third kappa shape index (κ3) is 3.21. The Hall–Kier alpha value is -0.0787. The fourth-order valence-electron chi connectivity index (χ4n) is 1.21. The van der Waals surface area contributed by atoms with E-state index in [1.54, 1.807) is 0 Å². The van der Waals surface area contributed by atoms with Gasteiger partial charge in [-0.2, -0.15) is 0 Å². The zero-order chi connectivity index (χ0) is 10.9. The second-order valence-electron chi connectivity index (χ2n) is 3.03. The van der Waals surface area contributed by atoms with Crippen LogP contribution in [0.2, 0.25) is 0 Å². The van der Waals surface area contributed by atoms with Gasteiger partial charge in [0.15, 0.2) is 0 Å². The van der Waals surface area contributed by atoms with E-state index >= 15 is 0 Å². The minimum absolute atomic E-state index is 0. The second-order valence-corrected chi connectivity index (χ2v) is 3.03. The molecule has 0 fully saturated rings. The first-order valence-electron chi connectivity index (χ1n) is 4.27. The van der Waals surface area contributed by atoms with Crippen molar-refractivity contribution in [3.8, 4) is 11.5 Å². The van der Waals surface area contributed by atoms with Crippen molar-refractivity contribution in [1.29, 1.82) is 0 Å². The summed E-state index contributed by atoms with van der Waals surface area (Å²) >= 11 is 0. The molecule has 0 aliphatic heterocycles. The van der Waals surface area contributed by atoms with Gasteiger partial charge in [-0.3, -0.25) is 0 Å². The Morgan fingerprint density at radius 2 is 1.69 bits per heavy atom. The molecule has 2 nitrogen and oxygen atoms in total. The standard InChI is InChI=1S/C9H6BF3NO.K/c11-10(12,13)8-3-1-7(2-4-8)9-14-5-6-15-9;/h1-6H;/q-1;+1. The van der Waals surface area contributed by atoms with Crippen LogP contribution in [0.3, 0.4) is 0 Å². The summed E-state index contributed by atoms with van der Waals surface area (Å²) in [5.74, 6) is 0.316. The molecule has 0 amide bonds. The number of hydrogen-bond acceptors (Lipinski definition) is 2. The Kier molecular flexibility index (Phi) is 4.81. The van der Waals surface area contributed by atoms with Gasteiger partial charge in [0.05, 0.1) is 6.20 Å². The van der Waals surface area contributed by atoms with Crippen molar-refractivity contribution in [2.75, 3.05) is 0 Å². The van der Waals surface area contributed by atoms with Gasteiger partial charge in [0, 0.05) is 5.56 Å². The first-order chi connectivity index (χ1) is 7.07. The van der Waals surface area contributed by atoms with Crippen LogP contribution in [0.4, 0.5) is 12.9 Å². The average molecular weight is 251 g/mol. The van der Waals surface area contributed by atoms with E-state index in [2.05, 4.69) is 4.98 Å². The summed E-state index contributed by atoms with van der Waals surface area (Å²) < 4.78 is 41.8. The molecule has 1 heterocycles. The minimum atomic E-state index is -4.93. The summed E-state index contributed by atoms with van der Waals surface area (Å²) in [6.45, 7) is -4.93. The third-order valence-electron chi connectivity index (χ3n) is 1.97. The summed E-state index contributed by atoms with van der Waals surface area (Å²) in [6.07, 6.45) is 2.81. The van der Waals surface area contributed by atoms with Crippen LogP contribution in [0.15, 0.2) is 41.1 Å². The third-order valence-corrected chi connectivity index (χ3v) is 1.97. The normalized spacial score (nSPS) is 10.9. The zero-order valence-electron chi connectivity index (χ0n) is 8.53. The van der Waals surface area contributed by atoms with Crippen LogP contribution in [0.5, 0.6) is 0 Å². The van der Waals surface area contributed by atoms with Gasteiger partial charge in [0.1, 0.15) is 6.26 Å². The monoisotopic (exact) mass is 251 g/mol. The molecule has 0 saturated carbocycles. The molecule has 0 N–H and O–H groups in total. The molecule has 0 spiro atoms. The maximum Gasteiger partial charge on any atom is 1.00 e. The molecule has 0 aliphatic rings.